The molecule has 2 aromatic rings. The quantitative estimate of drug-likeness (QED) is 0.847. The summed E-state index contributed by atoms with van der Waals surface area (Å²) < 4.78 is 1.76. The van der Waals surface area contributed by atoms with Gasteiger partial charge in [-0.3, -0.25) is 9.78 Å². The van der Waals surface area contributed by atoms with E-state index in [1.54, 1.807) is 17.0 Å². The van der Waals surface area contributed by atoms with Gasteiger partial charge < -0.3 is 15.6 Å². The molecular weight excluding hydrogens is 242 g/mol. The zero-order valence-corrected chi connectivity index (χ0v) is 10.0. The fourth-order valence-corrected chi connectivity index (χ4v) is 1.89. The first-order valence-corrected chi connectivity index (χ1v) is 5.47. The summed E-state index contributed by atoms with van der Waals surface area (Å²) in [7, 11) is 0. The molecule has 0 radical (unpaired) electrons. The van der Waals surface area contributed by atoms with Crippen molar-refractivity contribution in [3.63, 3.8) is 0 Å². The number of aromatic nitrogens is 3. The number of halogens is 1. The van der Waals surface area contributed by atoms with Crippen molar-refractivity contribution < 1.29 is 4.79 Å². The van der Waals surface area contributed by atoms with Crippen LogP contribution in [0.25, 0.3) is 11.0 Å². The van der Waals surface area contributed by atoms with Crippen LogP contribution in [-0.4, -0.2) is 27.0 Å². The van der Waals surface area contributed by atoms with Gasteiger partial charge in [0.2, 0.25) is 11.9 Å². The average Bonchev–Trinajstić information content (AvgIpc) is 2.56. The second-order valence-electron chi connectivity index (χ2n) is 3.59. The summed E-state index contributed by atoms with van der Waals surface area (Å²) in [6, 6.07) is 0. The maximum absolute atomic E-state index is 10.8. The number of rotatable bonds is 3. The average molecular weight is 254 g/mol. The number of fused-ring (bicyclic) bond motifs is 1. The highest BCUT2D eigenvalue weighted by molar-refractivity contribution is 6.34. The van der Waals surface area contributed by atoms with E-state index in [4.69, 9.17) is 17.3 Å². The highest BCUT2D eigenvalue weighted by Gasteiger charge is 2.11. The number of hydrogen-bond donors (Lipinski definition) is 2. The smallest absolute Gasteiger partial charge is 0.216 e. The van der Waals surface area contributed by atoms with E-state index < -0.39 is 0 Å². The van der Waals surface area contributed by atoms with Crippen molar-refractivity contribution in [2.45, 2.75) is 13.5 Å². The van der Waals surface area contributed by atoms with Crippen molar-refractivity contribution in [3.05, 3.63) is 17.4 Å². The van der Waals surface area contributed by atoms with Crippen LogP contribution in [0.5, 0.6) is 0 Å². The summed E-state index contributed by atoms with van der Waals surface area (Å²) in [6.07, 6.45) is 3.15. The predicted molar refractivity (Wildman–Crippen MR) is 65.6 cm³/mol. The van der Waals surface area contributed by atoms with Crippen LogP contribution in [0.3, 0.4) is 0 Å². The number of anilines is 1. The summed E-state index contributed by atoms with van der Waals surface area (Å²) in [4.78, 5) is 18.9. The minimum absolute atomic E-state index is 0.0826. The van der Waals surface area contributed by atoms with Gasteiger partial charge in [0.25, 0.3) is 0 Å². The van der Waals surface area contributed by atoms with Gasteiger partial charge >= 0.3 is 0 Å². The Labute approximate surface area is 103 Å². The third-order valence-corrected chi connectivity index (χ3v) is 2.62. The van der Waals surface area contributed by atoms with Gasteiger partial charge in [0.05, 0.1) is 16.7 Å². The number of nitrogens with two attached hydrogens (primary N) is 1. The summed E-state index contributed by atoms with van der Waals surface area (Å²) >= 11 is 6.05. The molecule has 0 saturated carbocycles. The van der Waals surface area contributed by atoms with Gasteiger partial charge in [0.15, 0.2) is 0 Å². The Bertz CT molecular complexity index is 565. The number of carbonyl (C=O) groups excluding carboxylic acids is 1. The van der Waals surface area contributed by atoms with Crippen molar-refractivity contribution in [3.8, 4) is 0 Å². The minimum Gasteiger partial charge on any atom is -0.369 e. The SMILES string of the molecule is CC(=O)NCCn1c(N)nc2cncc(Cl)c21. The number of carbonyl (C=O) groups is 1. The molecule has 0 aromatic carbocycles. The van der Waals surface area contributed by atoms with Crippen LogP contribution in [0, 0.1) is 0 Å². The van der Waals surface area contributed by atoms with Gasteiger partial charge in [-0.15, -0.1) is 0 Å². The maximum atomic E-state index is 10.8. The van der Waals surface area contributed by atoms with E-state index in [1.807, 2.05) is 0 Å². The highest BCUT2D eigenvalue weighted by Crippen LogP contribution is 2.23. The minimum atomic E-state index is -0.0826. The van der Waals surface area contributed by atoms with Crippen molar-refractivity contribution in [1.82, 2.24) is 19.9 Å². The van der Waals surface area contributed by atoms with Crippen molar-refractivity contribution in [2.75, 3.05) is 12.3 Å². The molecule has 0 aliphatic rings. The summed E-state index contributed by atoms with van der Waals surface area (Å²) in [5, 5.41) is 3.19. The molecule has 0 bridgehead atoms. The van der Waals surface area contributed by atoms with Gasteiger partial charge in [0, 0.05) is 26.2 Å². The Kier molecular flexibility index (Phi) is 3.14. The first-order valence-electron chi connectivity index (χ1n) is 5.09. The van der Waals surface area contributed by atoms with Crippen molar-refractivity contribution in [2.24, 2.45) is 0 Å². The summed E-state index contributed by atoms with van der Waals surface area (Å²) in [5.41, 5.74) is 7.18. The van der Waals surface area contributed by atoms with Gasteiger partial charge in [-0.2, -0.15) is 0 Å². The highest BCUT2D eigenvalue weighted by atomic mass is 35.5. The molecular formula is C10H12ClN5O. The Hall–Kier alpha value is -1.82. The number of nitrogens with zero attached hydrogens (tertiary/aromatic N) is 3. The van der Waals surface area contributed by atoms with E-state index >= 15 is 0 Å². The molecule has 17 heavy (non-hydrogen) atoms. The summed E-state index contributed by atoms with van der Waals surface area (Å²) in [6.45, 7) is 2.46. The Balaban J connectivity index is 2.32. The van der Waals surface area contributed by atoms with Gasteiger partial charge in [-0.05, 0) is 0 Å². The second kappa shape index (κ2) is 4.58. The van der Waals surface area contributed by atoms with Crippen LogP contribution < -0.4 is 11.1 Å². The molecule has 0 aliphatic carbocycles. The van der Waals surface area contributed by atoms with Crippen LogP contribution in [0.2, 0.25) is 5.02 Å². The number of amides is 1. The lowest BCUT2D eigenvalue weighted by atomic mass is 10.4. The first kappa shape index (κ1) is 11.7. The van der Waals surface area contributed by atoms with Crippen LogP contribution in [0.15, 0.2) is 12.4 Å². The molecule has 7 heteroatoms. The number of nitrogen functional groups attached to an aromatic ring is 1. The molecule has 2 aromatic heterocycles. The third-order valence-electron chi connectivity index (χ3n) is 2.34. The van der Waals surface area contributed by atoms with E-state index in [0.29, 0.717) is 29.6 Å². The van der Waals surface area contributed by atoms with E-state index in [9.17, 15) is 4.79 Å². The van der Waals surface area contributed by atoms with E-state index in [2.05, 4.69) is 15.3 Å². The molecule has 6 nitrogen and oxygen atoms in total. The standard InChI is InChI=1S/C10H12ClN5O/c1-6(17)14-2-3-16-9-7(11)4-13-5-8(9)15-10(16)12/h4-5H,2-3H2,1H3,(H2,12,15)(H,14,17). The van der Waals surface area contributed by atoms with Crippen molar-refractivity contribution in [1.29, 1.82) is 0 Å². The molecule has 0 unspecified atom stereocenters. The number of pyridine rings is 1. The Morgan fingerprint density at radius 2 is 2.35 bits per heavy atom. The molecule has 1 amide bonds. The van der Waals surface area contributed by atoms with Gasteiger partial charge in [-0.25, -0.2) is 4.98 Å². The molecule has 2 rings (SSSR count). The van der Waals surface area contributed by atoms with Crippen molar-refractivity contribution >= 4 is 34.5 Å². The zero-order valence-electron chi connectivity index (χ0n) is 9.27. The van der Waals surface area contributed by atoms with E-state index in [0.717, 1.165) is 5.52 Å². The molecule has 0 fully saturated rings. The molecule has 0 spiro atoms. The van der Waals surface area contributed by atoms with Gasteiger partial charge in [-0.1, -0.05) is 11.6 Å². The number of imidazole rings is 1. The Morgan fingerprint density at radius 1 is 1.59 bits per heavy atom. The third kappa shape index (κ3) is 2.31. The maximum Gasteiger partial charge on any atom is 0.216 e. The normalized spacial score (nSPS) is 10.7. The van der Waals surface area contributed by atoms with Gasteiger partial charge in [0.1, 0.15) is 5.52 Å². The molecule has 90 valence electrons. The monoisotopic (exact) mass is 253 g/mol. The second-order valence-corrected chi connectivity index (χ2v) is 4.00. The molecule has 2 heterocycles. The van der Waals surface area contributed by atoms with E-state index in [-0.39, 0.29) is 5.91 Å². The van der Waals surface area contributed by atoms with Crippen LogP contribution in [-0.2, 0) is 11.3 Å². The van der Waals surface area contributed by atoms with Crippen LogP contribution >= 0.6 is 11.6 Å². The fourth-order valence-electron chi connectivity index (χ4n) is 1.64. The largest absolute Gasteiger partial charge is 0.369 e. The Morgan fingerprint density at radius 3 is 3.06 bits per heavy atom. The van der Waals surface area contributed by atoms with Crippen LogP contribution in [0.1, 0.15) is 6.92 Å². The topological polar surface area (TPSA) is 85.8 Å². The number of nitrogens with one attached hydrogen (secondary N) is 1. The fraction of sp³-hybridized carbons (Fsp3) is 0.300. The molecule has 0 saturated heterocycles. The lowest BCUT2D eigenvalue weighted by Gasteiger charge is -2.07. The summed E-state index contributed by atoms with van der Waals surface area (Å²) in [5.74, 6) is 0.279. The molecule has 3 N–H and O–H groups in total. The number of hydrogen-bond acceptors (Lipinski definition) is 4. The lowest BCUT2D eigenvalue weighted by molar-refractivity contribution is -0.118. The molecule has 0 atom stereocenters. The van der Waals surface area contributed by atoms with E-state index in [1.165, 1.54) is 6.92 Å². The lowest BCUT2D eigenvalue weighted by Crippen LogP contribution is -2.24. The first-order chi connectivity index (χ1) is 8.09. The zero-order chi connectivity index (χ0) is 12.4. The molecule has 0 aliphatic heterocycles. The predicted octanol–water partition coefficient (Wildman–Crippen LogP) is 0.803. The van der Waals surface area contributed by atoms with Crippen LogP contribution in [0.4, 0.5) is 5.95 Å².